The number of anilines is 1. The minimum atomic E-state index is -0.120. The van der Waals surface area contributed by atoms with Crippen molar-refractivity contribution < 1.29 is 9.53 Å². The van der Waals surface area contributed by atoms with E-state index in [2.05, 4.69) is 47.1 Å². The lowest BCUT2D eigenvalue weighted by Gasteiger charge is -2.10. The maximum absolute atomic E-state index is 12.2. The number of aromatic nitrogens is 2. The number of benzene rings is 2. The molecule has 0 spiro atoms. The van der Waals surface area contributed by atoms with E-state index in [0.29, 0.717) is 11.4 Å². The summed E-state index contributed by atoms with van der Waals surface area (Å²) in [7, 11) is 1.58. The maximum atomic E-state index is 12.2. The molecule has 24 heavy (non-hydrogen) atoms. The number of hydrogen-bond acceptors (Lipinski definition) is 4. The molecule has 0 bridgehead atoms. The number of para-hydroxylation sites is 2. The lowest BCUT2D eigenvalue weighted by Crippen LogP contribution is -2.14. The summed E-state index contributed by atoms with van der Waals surface area (Å²) in [5, 5.41) is 3.59. The Balaban J connectivity index is 1.65. The number of hydrogen-bond donors (Lipinski definition) is 2. The van der Waals surface area contributed by atoms with E-state index in [1.165, 1.54) is 11.8 Å². The third-order valence-electron chi connectivity index (χ3n) is 3.22. The van der Waals surface area contributed by atoms with Crippen LogP contribution in [0.1, 0.15) is 0 Å². The summed E-state index contributed by atoms with van der Waals surface area (Å²) < 4.78 is 6.83. The molecule has 3 rings (SSSR count). The highest BCUT2D eigenvalue weighted by molar-refractivity contribution is 9.11. The monoisotopic (exact) mass is 469 g/mol. The summed E-state index contributed by atoms with van der Waals surface area (Å²) in [5.74, 6) is 0.786. The van der Waals surface area contributed by atoms with Crippen LogP contribution in [-0.4, -0.2) is 28.7 Å². The topological polar surface area (TPSA) is 67.0 Å². The van der Waals surface area contributed by atoms with Crippen molar-refractivity contribution in [3.05, 3.63) is 45.3 Å². The zero-order valence-corrected chi connectivity index (χ0v) is 16.6. The number of fused-ring (bicyclic) bond motifs is 1. The molecular formula is C16H13Br2N3O2S. The number of aromatic amines is 1. The molecule has 0 aliphatic carbocycles. The van der Waals surface area contributed by atoms with E-state index in [0.717, 1.165) is 25.1 Å². The normalized spacial score (nSPS) is 10.8. The molecule has 8 heteroatoms. The van der Waals surface area contributed by atoms with Gasteiger partial charge in [-0.05, 0) is 50.1 Å². The van der Waals surface area contributed by atoms with Crippen molar-refractivity contribution in [3.63, 3.8) is 0 Å². The fourth-order valence-corrected chi connectivity index (χ4v) is 4.04. The van der Waals surface area contributed by atoms with Crippen LogP contribution >= 0.6 is 43.6 Å². The number of nitrogens with one attached hydrogen (secondary N) is 2. The molecule has 5 nitrogen and oxygen atoms in total. The zero-order chi connectivity index (χ0) is 17.1. The molecular weight excluding hydrogens is 458 g/mol. The van der Waals surface area contributed by atoms with E-state index in [1.54, 1.807) is 13.2 Å². The number of thioether (sulfide) groups is 1. The molecule has 2 aromatic carbocycles. The summed E-state index contributed by atoms with van der Waals surface area (Å²) in [4.78, 5) is 19.8. The highest BCUT2D eigenvalue weighted by Crippen LogP contribution is 2.34. The Bertz CT molecular complexity index is 865. The number of H-pyrrole nitrogens is 1. The first-order valence-corrected chi connectivity index (χ1v) is 9.54. The molecule has 0 atom stereocenters. The summed E-state index contributed by atoms with van der Waals surface area (Å²) >= 11 is 8.19. The predicted octanol–water partition coefficient (Wildman–Crippen LogP) is 4.83. The lowest BCUT2D eigenvalue weighted by atomic mass is 10.3. The second kappa shape index (κ2) is 7.58. The molecule has 0 aliphatic rings. The van der Waals surface area contributed by atoms with Gasteiger partial charge in [-0.25, -0.2) is 4.98 Å². The second-order valence-electron chi connectivity index (χ2n) is 4.86. The van der Waals surface area contributed by atoms with Gasteiger partial charge in [0.1, 0.15) is 5.75 Å². The molecule has 1 amide bonds. The minimum Gasteiger partial charge on any atom is -0.495 e. The lowest BCUT2D eigenvalue weighted by molar-refractivity contribution is -0.113. The van der Waals surface area contributed by atoms with Gasteiger partial charge in [-0.3, -0.25) is 4.79 Å². The molecule has 3 aromatic rings. The molecule has 0 radical (unpaired) electrons. The molecule has 1 aromatic heterocycles. The Hall–Kier alpha value is -1.51. The molecule has 2 N–H and O–H groups in total. The second-order valence-corrected chi connectivity index (χ2v) is 7.54. The van der Waals surface area contributed by atoms with Crippen molar-refractivity contribution >= 4 is 66.2 Å². The van der Waals surface area contributed by atoms with E-state index in [-0.39, 0.29) is 11.7 Å². The zero-order valence-electron chi connectivity index (χ0n) is 12.6. The molecule has 0 fully saturated rings. The van der Waals surface area contributed by atoms with Crippen molar-refractivity contribution in [2.24, 2.45) is 0 Å². The predicted molar refractivity (Wildman–Crippen MR) is 104 cm³/mol. The first-order chi connectivity index (χ1) is 11.6. The van der Waals surface area contributed by atoms with E-state index < -0.39 is 0 Å². The summed E-state index contributed by atoms with van der Waals surface area (Å²) in [6.45, 7) is 0. The van der Waals surface area contributed by atoms with Crippen molar-refractivity contribution in [1.82, 2.24) is 9.97 Å². The molecule has 1 heterocycles. The summed E-state index contributed by atoms with van der Waals surface area (Å²) in [6.07, 6.45) is 0. The van der Waals surface area contributed by atoms with Crippen LogP contribution in [0, 0.1) is 0 Å². The maximum Gasteiger partial charge on any atom is 0.234 e. The fourth-order valence-electron chi connectivity index (χ4n) is 2.10. The van der Waals surface area contributed by atoms with Gasteiger partial charge < -0.3 is 15.0 Å². The third kappa shape index (κ3) is 3.93. The van der Waals surface area contributed by atoms with E-state index in [1.807, 2.05) is 30.3 Å². The Labute approximate surface area is 159 Å². The van der Waals surface area contributed by atoms with Crippen LogP contribution in [0.3, 0.4) is 0 Å². The van der Waals surface area contributed by atoms with Crippen LogP contribution < -0.4 is 10.1 Å². The highest BCUT2D eigenvalue weighted by Gasteiger charge is 2.11. The highest BCUT2D eigenvalue weighted by atomic mass is 79.9. The summed E-state index contributed by atoms with van der Waals surface area (Å²) in [6, 6.07) is 11.4. The number of rotatable bonds is 5. The van der Waals surface area contributed by atoms with Crippen LogP contribution in [0.2, 0.25) is 0 Å². The van der Waals surface area contributed by atoms with Crippen LogP contribution in [0.15, 0.2) is 50.5 Å². The molecule has 0 aliphatic heterocycles. The fraction of sp³-hybridized carbons (Fsp3) is 0.125. The van der Waals surface area contributed by atoms with Crippen LogP contribution in [0.25, 0.3) is 11.0 Å². The Morgan fingerprint density at radius 2 is 2.08 bits per heavy atom. The average Bonchev–Trinajstić information content (AvgIpc) is 2.98. The number of ether oxygens (including phenoxy) is 1. The van der Waals surface area contributed by atoms with Crippen LogP contribution in [-0.2, 0) is 4.79 Å². The van der Waals surface area contributed by atoms with Crippen LogP contribution in [0.4, 0.5) is 5.69 Å². The quantitative estimate of drug-likeness (QED) is 0.524. The van der Waals surface area contributed by atoms with Gasteiger partial charge in [0.2, 0.25) is 5.91 Å². The molecule has 0 saturated heterocycles. The van der Waals surface area contributed by atoms with Crippen molar-refractivity contribution in [3.8, 4) is 5.75 Å². The number of imidazole rings is 1. The summed E-state index contributed by atoms with van der Waals surface area (Å²) in [5.41, 5.74) is 2.51. The number of carbonyl (C=O) groups is 1. The van der Waals surface area contributed by atoms with Crippen molar-refractivity contribution in [2.75, 3.05) is 18.2 Å². The Morgan fingerprint density at radius 3 is 2.83 bits per heavy atom. The standard InChI is InChI=1S/C16H13Br2N3O2S/c1-23-14-7-13(9(17)6-10(14)18)19-15(22)8-24-16-20-11-4-2-3-5-12(11)21-16/h2-7H,8H2,1H3,(H,19,22)(H,20,21). The van der Waals surface area contributed by atoms with Gasteiger partial charge in [-0.2, -0.15) is 0 Å². The first-order valence-electron chi connectivity index (χ1n) is 6.97. The smallest absolute Gasteiger partial charge is 0.234 e. The number of amides is 1. The van der Waals surface area contributed by atoms with Gasteiger partial charge in [0.15, 0.2) is 5.16 Å². The molecule has 0 saturated carbocycles. The van der Waals surface area contributed by atoms with Gasteiger partial charge in [0.25, 0.3) is 0 Å². The van der Waals surface area contributed by atoms with Crippen LogP contribution in [0.5, 0.6) is 5.75 Å². The largest absolute Gasteiger partial charge is 0.495 e. The molecule has 0 unspecified atom stereocenters. The van der Waals surface area contributed by atoms with Crippen molar-refractivity contribution in [2.45, 2.75) is 5.16 Å². The number of methoxy groups -OCH3 is 1. The van der Waals surface area contributed by atoms with E-state index in [4.69, 9.17) is 4.74 Å². The SMILES string of the molecule is COc1cc(NC(=O)CSc2nc3ccccc3[nH]2)c(Br)cc1Br. The van der Waals surface area contributed by atoms with Gasteiger partial charge in [-0.1, -0.05) is 23.9 Å². The van der Waals surface area contributed by atoms with E-state index in [9.17, 15) is 4.79 Å². The number of carbonyl (C=O) groups excluding carboxylic acids is 1. The number of halogens is 2. The third-order valence-corrected chi connectivity index (χ3v) is 5.37. The minimum absolute atomic E-state index is 0.120. The van der Waals surface area contributed by atoms with E-state index >= 15 is 0 Å². The molecule has 124 valence electrons. The number of nitrogens with zero attached hydrogens (tertiary/aromatic N) is 1. The first kappa shape index (κ1) is 17.3. The Kier molecular flexibility index (Phi) is 5.47. The van der Waals surface area contributed by atoms with Gasteiger partial charge >= 0.3 is 0 Å². The van der Waals surface area contributed by atoms with Gasteiger partial charge in [-0.15, -0.1) is 0 Å². The average molecular weight is 471 g/mol. The van der Waals surface area contributed by atoms with Gasteiger partial charge in [0.05, 0.1) is 34.1 Å². The Morgan fingerprint density at radius 1 is 1.29 bits per heavy atom. The van der Waals surface area contributed by atoms with Gasteiger partial charge in [0, 0.05) is 10.5 Å². The van der Waals surface area contributed by atoms with Crippen molar-refractivity contribution in [1.29, 1.82) is 0 Å².